The van der Waals surface area contributed by atoms with Gasteiger partial charge in [-0.3, -0.25) is 14.4 Å². The van der Waals surface area contributed by atoms with Gasteiger partial charge in [0.05, 0.1) is 6.10 Å². The first-order chi connectivity index (χ1) is 9.29. The second-order valence-electron chi connectivity index (χ2n) is 4.39. The summed E-state index contributed by atoms with van der Waals surface area (Å²) < 4.78 is 20.0. The number of carbonyl (C=O) groups is 3. The first-order valence-corrected chi connectivity index (χ1v) is 6.11. The van der Waals surface area contributed by atoms with Crippen LogP contribution < -0.4 is 0 Å². The topological polar surface area (TPSA) is 108 Å². The van der Waals surface area contributed by atoms with Gasteiger partial charge in [-0.1, -0.05) is 0 Å². The molecule has 0 spiro atoms. The van der Waals surface area contributed by atoms with Gasteiger partial charge in [-0.2, -0.15) is 0 Å². The quantitative estimate of drug-likeness (QED) is 0.546. The van der Waals surface area contributed by atoms with E-state index in [2.05, 4.69) is 0 Å². The highest BCUT2D eigenvalue weighted by atomic mass is 16.7. The summed E-state index contributed by atoms with van der Waals surface area (Å²) in [5.41, 5.74) is 0. The van der Waals surface area contributed by atoms with E-state index >= 15 is 0 Å². The van der Waals surface area contributed by atoms with E-state index in [0.717, 1.165) is 0 Å². The van der Waals surface area contributed by atoms with Gasteiger partial charge in [0, 0.05) is 27.2 Å². The van der Waals surface area contributed by atoms with E-state index in [1.54, 1.807) is 0 Å². The van der Waals surface area contributed by atoms with E-state index in [4.69, 9.17) is 18.9 Å². The van der Waals surface area contributed by atoms with Crippen LogP contribution in [0.3, 0.4) is 0 Å². The van der Waals surface area contributed by atoms with Crippen LogP contribution in [0.2, 0.25) is 0 Å². The Hall–Kier alpha value is -1.67. The SMILES string of the molecule is CC(=O)OC[C@H]1O[C@@H](OC(C)=O)C[C@@H](O)[C@H]1OC(C)=O. The number of hydrogen-bond donors (Lipinski definition) is 1. The molecule has 0 aliphatic carbocycles. The molecule has 1 N–H and O–H groups in total. The third-order valence-electron chi connectivity index (χ3n) is 2.56. The van der Waals surface area contributed by atoms with E-state index in [9.17, 15) is 19.5 Å². The smallest absolute Gasteiger partial charge is 0.304 e. The molecular formula is C12H18O8. The summed E-state index contributed by atoms with van der Waals surface area (Å²) in [6.45, 7) is 3.38. The van der Waals surface area contributed by atoms with Crippen molar-refractivity contribution in [1.29, 1.82) is 0 Å². The molecule has 0 radical (unpaired) electrons. The monoisotopic (exact) mass is 290 g/mol. The molecule has 114 valence electrons. The Bertz CT molecular complexity index is 380. The molecule has 1 aliphatic heterocycles. The second-order valence-corrected chi connectivity index (χ2v) is 4.39. The van der Waals surface area contributed by atoms with Gasteiger partial charge in [0.15, 0.2) is 6.10 Å². The molecule has 0 saturated carbocycles. The van der Waals surface area contributed by atoms with Gasteiger partial charge in [-0.25, -0.2) is 0 Å². The van der Waals surface area contributed by atoms with Crippen molar-refractivity contribution in [3.05, 3.63) is 0 Å². The summed E-state index contributed by atoms with van der Waals surface area (Å²) >= 11 is 0. The number of rotatable bonds is 4. The molecule has 1 rings (SSSR count). The van der Waals surface area contributed by atoms with Gasteiger partial charge in [-0.05, 0) is 0 Å². The Balaban J connectivity index is 2.73. The zero-order chi connectivity index (χ0) is 15.3. The average Bonchev–Trinajstić information content (AvgIpc) is 2.29. The van der Waals surface area contributed by atoms with Crippen molar-refractivity contribution in [3.63, 3.8) is 0 Å². The first kappa shape index (κ1) is 16.4. The Kier molecular flexibility index (Phi) is 5.90. The van der Waals surface area contributed by atoms with E-state index in [0.29, 0.717) is 0 Å². The number of esters is 3. The molecule has 0 aromatic rings. The van der Waals surface area contributed by atoms with Crippen LogP contribution in [-0.2, 0) is 33.3 Å². The van der Waals surface area contributed by atoms with Crippen LogP contribution in [0.25, 0.3) is 0 Å². The largest absolute Gasteiger partial charge is 0.463 e. The lowest BCUT2D eigenvalue weighted by atomic mass is 10.0. The summed E-state index contributed by atoms with van der Waals surface area (Å²) in [5, 5.41) is 9.95. The number of carbonyl (C=O) groups excluding carboxylic acids is 3. The molecule has 4 atom stereocenters. The normalized spacial score (nSPS) is 29.4. The van der Waals surface area contributed by atoms with Gasteiger partial charge < -0.3 is 24.1 Å². The molecule has 8 heteroatoms. The van der Waals surface area contributed by atoms with Crippen molar-refractivity contribution in [3.8, 4) is 0 Å². The molecule has 1 fully saturated rings. The van der Waals surface area contributed by atoms with E-state index in [-0.39, 0.29) is 13.0 Å². The maximum atomic E-state index is 11.0. The van der Waals surface area contributed by atoms with Crippen LogP contribution in [0.1, 0.15) is 27.2 Å². The molecule has 1 saturated heterocycles. The van der Waals surface area contributed by atoms with Gasteiger partial charge >= 0.3 is 17.9 Å². The number of aliphatic hydroxyl groups excluding tert-OH is 1. The molecule has 0 aromatic heterocycles. The van der Waals surface area contributed by atoms with Crippen LogP contribution in [0, 0.1) is 0 Å². The fraction of sp³-hybridized carbons (Fsp3) is 0.750. The molecular weight excluding hydrogens is 272 g/mol. The summed E-state index contributed by atoms with van der Waals surface area (Å²) in [6, 6.07) is 0. The van der Waals surface area contributed by atoms with Crippen LogP contribution in [-0.4, -0.2) is 54.2 Å². The van der Waals surface area contributed by atoms with E-state index in [1.807, 2.05) is 0 Å². The minimum Gasteiger partial charge on any atom is -0.463 e. The average molecular weight is 290 g/mol. The van der Waals surface area contributed by atoms with Gasteiger partial charge in [0.2, 0.25) is 6.29 Å². The lowest BCUT2D eigenvalue weighted by Gasteiger charge is -2.37. The Morgan fingerprint density at radius 3 is 2.20 bits per heavy atom. The van der Waals surface area contributed by atoms with Crippen molar-refractivity contribution in [2.45, 2.75) is 51.8 Å². The molecule has 0 aromatic carbocycles. The number of aliphatic hydroxyl groups is 1. The first-order valence-electron chi connectivity index (χ1n) is 6.11. The molecule has 0 bridgehead atoms. The molecule has 0 amide bonds. The fourth-order valence-electron chi connectivity index (χ4n) is 1.85. The zero-order valence-electron chi connectivity index (χ0n) is 11.5. The Morgan fingerprint density at radius 2 is 1.70 bits per heavy atom. The lowest BCUT2D eigenvalue weighted by Crippen LogP contribution is -2.53. The highest BCUT2D eigenvalue weighted by Gasteiger charge is 2.42. The second kappa shape index (κ2) is 7.20. The van der Waals surface area contributed by atoms with Crippen LogP contribution in [0.5, 0.6) is 0 Å². The summed E-state index contributed by atoms with van der Waals surface area (Å²) in [6.07, 6.45) is -3.99. The minimum absolute atomic E-state index is 0.0336. The standard InChI is InChI=1S/C12H18O8/c1-6(13)17-5-10-12(19-8(3)15)9(16)4-11(20-10)18-7(2)14/h9-12,16H,4-5H2,1-3H3/t9-,10-,11-,12-/m1/s1. The van der Waals surface area contributed by atoms with Gasteiger partial charge in [-0.15, -0.1) is 0 Å². The Labute approximate surface area is 115 Å². The van der Waals surface area contributed by atoms with Crippen LogP contribution >= 0.6 is 0 Å². The maximum Gasteiger partial charge on any atom is 0.304 e. The number of hydrogen-bond acceptors (Lipinski definition) is 8. The molecule has 20 heavy (non-hydrogen) atoms. The molecule has 0 unspecified atom stereocenters. The minimum atomic E-state index is -1.09. The fourth-order valence-corrected chi connectivity index (χ4v) is 1.85. The highest BCUT2D eigenvalue weighted by Crippen LogP contribution is 2.24. The zero-order valence-corrected chi connectivity index (χ0v) is 11.5. The Morgan fingerprint density at radius 1 is 1.10 bits per heavy atom. The summed E-state index contributed by atoms with van der Waals surface area (Å²) in [7, 11) is 0. The number of ether oxygens (including phenoxy) is 4. The van der Waals surface area contributed by atoms with Crippen molar-refractivity contribution in [1.82, 2.24) is 0 Å². The van der Waals surface area contributed by atoms with E-state index < -0.39 is 42.5 Å². The molecule has 8 nitrogen and oxygen atoms in total. The molecule has 1 heterocycles. The van der Waals surface area contributed by atoms with Crippen molar-refractivity contribution in [2.24, 2.45) is 0 Å². The predicted molar refractivity (Wildman–Crippen MR) is 63.2 cm³/mol. The highest BCUT2D eigenvalue weighted by molar-refractivity contribution is 5.67. The van der Waals surface area contributed by atoms with Crippen molar-refractivity contribution in [2.75, 3.05) is 6.61 Å². The predicted octanol–water partition coefficient (Wildman–Crippen LogP) is -0.480. The van der Waals surface area contributed by atoms with Gasteiger partial charge in [0.25, 0.3) is 0 Å². The van der Waals surface area contributed by atoms with E-state index in [1.165, 1.54) is 20.8 Å². The lowest BCUT2D eigenvalue weighted by molar-refractivity contribution is -0.256. The third kappa shape index (κ3) is 5.14. The van der Waals surface area contributed by atoms with Gasteiger partial charge in [0.1, 0.15) is 12.7 Å². The maximum absolute atomic E-state index is 11.0. The van der Waals surface area contributed by atoms with Crippen molar-refractivity contribution >= 4 is 17.9 Å². The van der Waals surface area contributed by atoms with Crippen LogP contribution in [0.15, 0.2) is 0 Å². The summed E-state index contributed by atoms with van der Waals surface area (Å²) in [5.74, 6) is -1.71. The third-order valence-corrected chi connectivity index (χ3v) is 2.56. The van der Waals surface area contributed by atoms with Crippen molar-refractivity contribution < 1.29 is 38.4 Å². The van der Waals surface area contributed by atoms with Crippen LogP contribution in [0.4, 0.5) is 0 Å². The molecule has 1 aliphatic rings. The summed E-state index contributed by atoms with van der Waals surface area (Å²) in [4.78, 5) is 32.7.